The van der Waals surface area contributed by atoms with E-state index in [2.05, 4.69) is 6.92 Å². The molecule has 1 aromatic rings. The Kier molecular flexibility index (Phi) is 7.37. The van der Waals surface area contributed by atoms with Crippen molar-refractivity contribution < 1.29 is 22.6 Å². The largest absolute Gasteiger partial charge is 0.348 e. The lowest BCUT2D eigenvalue weighted by Gasteiger charge is -2.29. The van der Waals surface area contributed by atoms with Crippen LogP contribution in [0.4, 0.5) is 13.2 Å². The summed E-state index contributed by atoms with van der Waals surface area (Å²) < 4.78 is 50.5. The number of benzene rings is 1. The molecule has 1 aliphatic heterocycles. The van der Waals surface area contributed by atoms with Gasteiger partial charge < -0.3 is 9.47 Å². The maximum absolute atomic E-state index is 13.2. The first-order chi connectivity index (χ1) is 11.1. The first-order valence-electron chi connectivity index (χ1n) is 8.49. The van der Waals surface area contributed by atoms with Crippen LogP contribution in [0.25, 0.3) is 0 Å². The van der Waals surface area contributed by atoms with Gasteiger partial charge >= 0.3 is 0 Å². The van der Waals surface area contributed by atoms with Gasteiger partial charge in [0.2, 0.25) is 0 Å². The summed E-state index contributed by atoms with van der Waals surface area (Å²) in [6.07, 6.45) is 7.67. The zero-order valence-electron chi connectivity index (χ0n) is 13.6. The lowest BCUT2D eigenvalue weighted by molar-refractivity contribution is -0.206. The summed E-state index contributed by atoms with van der Waals surface area (Å²) in [5.74, 6) is -3.60. The SMILES string of the molecule is CCCCCCCCC1COC(c2cc(F)c(F)c(F)c2)OC1. The monoisotopic (exact) mass is 330 g/mol. The summed E-state index contributed by atoms with van der Waals surface area (Å²) in [4.78, 5) is 0. The molecule has 1 saturated heterocycles. The predicted octanol–water partition coefficient (Wildman–Crippen LogP) is 5.52. The minimum absolute atomic E-state index is 0.180. The molecule has 0 radical (unpaired) electrons. The average molecular weight is 330 g/mol. The van der Waals surface area contributed by atoms with Crippen molar-refractivity contribution >= 4 is 0 Å². The van der Waals surface area contributed by atoms with Gasteiger partial charge in [0.05, 0.1) is 13.2 Å². The van der Waals surface area contributed by atoms with Gasteiger partial charge in [-0.2, -0.15) is 0 Å². The molecule has 1 aromatic carbocycles. The van der Waals surface area contributed by atoms with Crippen LogP contribution in [0.5, 0.6) is 0 Å². The summed E-state index contributed by atoms with van der Waals surface area (Å²) in [6.45, 7) is 3.20. The lowest BCUT2D eigenvalue weighted by atomic mass is 10.0. The molecule has 0 atom stereocenters. The van der Waals surface area contributed by atoms with E-state index in [4.69, 9.17) is 9.47 Å². The fourth-order valence-corrected chi connectivity index (χ4v) is 2.83. The second kappa shape index (κ2) is 9.28. The maximum Gasteiger partial charge on any atom is 0.194 e. The van der Waals surface area contributed by atoms with Gasteiger partial charge in [0.25, 0.3) is 0 Å². The van der Waals surface area contributed by atoms with Crippen LogP contribution in [0.2, 0.25) is 0 Å². The normalized spacial score (nSPS) is 21.6. The molecule has 2 rings (SSSR count). The second-order valence-electron chi connectivity index (χ2n) is 6.22. The van der Waals surface area contributed by atoms with Gasteiger partial charge in [0.1, 0.15) is 0 Å². The van der Waals surface area contributed by atoms with E-state index < -0.39 is 23.7 Å². The van der Waals surface area contributed by atoms with E-state index in [9.17, 15) is 13.2 Å². The first-order valence-corrected chi connectivity index (χ1v) is 8.49. The minimum Gasteiger partial charge on any atom is -0.348 e. The molecule has 0 spiro atoms. The number of halogens is 3. The predicted molar refractivity (Wildman–Crippen MR) is 82.4 cm³/mol. The third-order valence-corrected chi connectivity index (χ3v) is 4.21. The van der Waals surface area contributed by atoms with Crippen LogP contribution < -0.4 is 0 Å². The van der Waals surface area contributed by atoms with Crippen LogP contribution in [0.15, 0.2) is 12.1 Å². The van der Waals surface area contributed by atoms with E-state index in [-0.39, 0.29) is 5.56 Å². The molecule has 23 heavy (non-hydrogen) atoms. The molecular formula is C18H25F3O2. The highest BCUT2D eigenvalue weighted by Gasteiger charge is 2.25. The summed E-state index contributed by atoms with van der Waals surface area (Å²) >= 11 is 0. The topological polar surface area (TPSA) is 18.5 Å². The first kappa shape index (κ1) is 18.3. The van der Waals surface area contributed by atoms with Crippen molar-refractivity contribution in [3.63, 3.8) is 0 Å². The zero-order chi connectivity index (χ0) is 16.7. The Morgan fingerprint density at radius 1 is 0.913 bits per heavy atom. The molecule has 0 bridgehead atoms. The Morgan fingerprint density at radius 3 is 2.09 bits per heavy atom. The summed E-state index contributed by atoms with van der Waals surface area (Å²) in [7, 11) is 0. The van der Waals surface area contributed by atoms with Crippen molar-refractivity contribution in [1.29, 1.82) is 0 Å². The van der Waals surface area contributed by atoms with E-state index in [1.54, 1.807) is 0 Å². The summed E-state index contributed by atoms with van der Waals surface area (Å²) in [6, 6.07) is 1.86. The molecule has 0 amide bonds. The van der Waals surface area contributed by atoms with Gasteiger partial charge in [0, 0.05) is 11.5 Å². The van der Waals surface area contributed by atoms with Crippen LogP contribution in [-0.4, -0.2) is 13.2 Å². The molecule has 5 heteroatoms. The van der Waals surface area contributed by atoms with Crippen LogP contribution in [0.1, 0.15) is 63.7 Å². The van der Waals surface area contributed by atoms with Gasteiger partial charge in [-0.05, 0) is 18.6 Å². The number of unbranched alkanes of at least 4 members (excludes halogenated alkanes) is 5. The van der Waals surface area contributed by atoms with E-state index in [1.807, 2.05) is 0 Å². The van der Waals surface area contributed by atoms with Crippen molar-refractivity contribution in [1.82, 2.24) is 0 Å². The van der Waals surface area contributed by atoms with E-state index in [0.29, 0.717) is 19.1 Å². The Balaban J connectivity index is 1.72. The van der Waals surface area contributed by atoms with Gasteiger partial charge in [0.15, 0.2) is 23.7 Å². The average Bonchev–Trinajstić information content (AvgIpc) is 2.56. The quantitative estimate of drug-likeness (QED) is 0.462. The van der Waals surface area contributed by atoms with Gasteiger partial charge in [-0.1, -0.05) is 45.4 Å². The van der Waals surface area contributed by atoms with Crippen molar-refractivity contribution in [3.8, 4) is 0 Å². The number of rotatable bonds is 8. The molecule has 0 aromatic heterocycles. The fraction of sp³-hybridized carbons (Fsp3) is 0.667. The minimum atomic E-state index is -1.47. The smallest absolute Gasteiger partial charge is 0.194 e. The highest BCUT2D eigenvalue weighted by atomic mass is 19.2. The second-order valence-corrected chi connectivity index (χ2v) is 6.22. The molecule has 1 fully saturated rings. The Bertz CT molecular complexity index is 462. The van der Waals surface area contributed by atoms with Gasteiger partial charge in [-0.3, -0.25) is 0 Å². The van der Waals surface area contributed by atoms with E-state index >= 15 is 0 Å². The molecule has 2 nitrogen and oxygen atoms in total. The van der Waals surface area contributed by atoms with Crippen LogP contribution >= 0.6 is 0 Å². The third kappa shape index (κ3) is 5.50. The number of ether oxygens (including phenoxy) is 2. The number of hydrogen-bond acceptors (Lipinski definition) is 2. The van der Waals surface area contributed by atoms with E-state index in [1.165, 1.54) is 32.1 Å². The Labute approximate surface area is 136 Å². The van der Waals surface area contributed by atoms with E-state index in [0.717, 1.165) is 25.0 Å². The molecule has 130 valence electrons. The molecule has 0 unspecified atom stereocenters. The molecule has 1 heterocycles. The lowest BCUT2D eigenvalue weighted by Crippen LogP contribution is -2.27. The molecular weight excluding hydrogens is 305 g/mol. The molecule has 1 aliphatic rings. The van der Waals surface area contributed by atoms with Crippen molar-refractivity contribution in [2.45, 2.75) is 58.2 Å². The Morgan fingerprint density at radius 2 is 1.48 bits per heavy atom. The highest BCUT2D eigenvalue weighted by molar-refractivity contribution is 5.20. The molecule has 0 aliphatic carbocycles. The summed E-state index contributed by atoms with van der Waals surface area (Å²) in [5, 5.41) is 0. The van der Waals surface area contributed by atoms with Gasteiger partial charge in [-0.25, -0.2) is 13.2 Å². The standard InChI is InChI=1S/C18H25F3O2/c1-2-3-4-5-6-7-8-13-11-22-18(23-12-13)14-9-15(19)17(21)16(20)10-14/h9-10,13,18H,2-8,11-12H2,1H3. The zero-order valence-corrected chi connectivity index (χ0v) is 13.6. The number of hydrogen-bond donors (Lipinski definition) is 0. The highest BCUT2D eigenvalue weighted by Crippen LogP contribution is 2.29. The molecule has 0 N–H and O–H groups in total. The van der Waals surface area contributed by atoms with Crippen molar-refractivity contribution in [2.75, 3.05) is 13.2 Å². The third-order valence-electron chi connectivity index (χ3n) is 4.21. The van der Waals surface area contributed by atoms with Crippen LogP contribution in [0, 0.1) is 23.4 Å². The fourth-order valence-electron chi connectivity index (χ4n) is 2.83. The summed E-state index contributed by atoms with van der Waals surface area (Å²) in [5.41, 5.74) is 0.180. The Hall–Kier alpha value is -1.07. The van der Waals surface area contributed by atoms with Crippen LogP contribution in [0.3, 0.4) is 0 Å². The van der Waals surface area contributed by atoms with Crippen LogP contribution in [-0.2, 0) is 9.47 Å². The van der Waals surface area contributed by atoms with Crippen molar-refractivity contribution in [2.24, 2.45) is 5.92 Å². The maximum atomic E-state index is 13.2. The van der Waals surface area contributed by atoms with Gasteiger partial charge in [-0.15, -0.1) is 0 Å². The molecule has 0 saturated carbocycles. The van der Waals surface area contributed by atoms with Crippen molar-refractivity contribution in [3.05, 3.63) is 35.1 Å².